The molecule has 2 N–H and O–H groups in total. The van der Waals surface area contributed by atoms with Crippen LogP contribution in [0.2, 0.25) is 0 Å². The van der Waals surface area contributed by atoms with Crippen molar-refractivity contribution in [2.45, 2.75) is 32.1 Å². The minimum atomic E-state index is 0.188. The summed E-state index contributed by atoms with van der Waals surface area (Å²) in [5, 5.41) is 16.2. The number of H-pyrrole nitrogens is 1. The van der Waals surface area contributed by atoms with Crippen molar-refractivity contribution in [3.05, 3.63) is 17.5 Å². The van der Waals surface area contributed by atoms with Gasteiger partial charge in [-0.15, -0.1) is 0 Å². The van der Waals surface area contributed by atoms with Crippen molar-refractivity contribution < 1.29 is 5.11 Å². The highest BCUT2D eigenvalue weighted by Gasteiger charge is 2.22. The third kappa shape index (κ3) is 2.62. The standard InChI is InChI=1S/C12H21N3O/c1-2-15-6-3-4-10(9-15)12-8-11(5-7-16)13-14-12/h8,10,16H,2-7,9H2,1H3,(H,13,14). The molecule has 1 aromatic heterocycles. The average molecular weight is 223 g/mol. The molecule has 1 aliphatic heterocycles. The number of likely N-dealkylation sites (N-methyl/N-ethyl adjacent to an activating group) is 1. The summed E-state index contributed by atoms with van der Waals surface area (Å²) in [7, 11) is 0. The summed E-state index contributed by atoms with van der Waals surface area (Å²) < 4.78 is 0. The van der Waals surface area contributed by atoms with Gasteiger partial charge in [0.05, 0.1) is 5.69 Å². The second-order valence-electron chi connectivity index (χ2n) is 4.52. The van der Waals surface area contributed by atoms with Gasteiger partial charge in [0.2, 0.25) is 0 Å². The second-order valence-corrected chi connectivity index (χ2v) is 4.52. The van der Waals surface area contributed by atoms with Crippen molar-refractivity contribution in [3.63, 3.8) is 0 Å². The molecule has 0 saturated carbocycles. The average Bonchev–Trinajstić information content (AvgIpc) is 2.78. The van der Waals surface area contributed by atoms with Gasteiger partial charge in [-0.2, -0.15) is 5.10 Å². The van der Waals surface area contributed by atoms with Gasteiger partial charge in [-0.05, 0) is 32.0 Å². The molecule has 4 nitrogen and oxygen atoms in total. The first-order valence-corrected chi connectivity index (χ1v) is 6.21. The molecular weight excluding hydrogens is 202 g/mol. The van der Waals surface area contributed by atoms with E-state index in [2.05, 4.69) is 28.1 Å². The van der Waals surface area contributed by atoms with E-state index in [4.69, 9.17) is 5.11 Å². The molecule has 4 heteroatoms. The Morgan fingerprint density at radius 1 is 1.62 bits per heavy atom. The maximum Gasteiger partial charge on any atom is 0.0668 e. The molecule has 2 heterocycles. The van der Waals surface area contributed by atoms with Crippen LogP contribution in [0.1, 0.15) is 37.1 Å². The molecule has 16 heavy (non-hydrogen) atoms. The van der Waals surface area contributed by atoms with E-state index in [9.17, 15) is 0 Å². The largest absolute Gasteiger partial charge is 0.396 e. The van der Waals surface area contributed by atoms with Crippen molar-refractivity contribution in [1.29, 1.82) is 0 Å². The number of aromatic nitrogens is 2. The highest BCUT2D eigenvalue weighted by molar-refractivity contribution is 5.14. The van der Waals surface area contributed by atoms with Gasteiger partial charge in [-0.25, -0.2) is 0 Å². The molecule has 0 bridgehead atoms. The third-order valence-electron chi connectivity index (χ3n) is 3.40. The molecule has 0 aromatic carbocycles. The van der Waals surface area contributed by atoms with E-state index < -0.39 is 0 Å². The van der Waals surface area contributed by atoms with Crippen LogP contribution in [0.3, 0.4) is 0 Å². The van der Waals surface area contributed by atoms with Crippen LogP contribution in [-0.4, -0.2) is 46.4 Å². The summed E-state index contributed by atoms with van der Waals surface area (Å²) >= 11 is 0. The van der Waals surface area contributed by atoms with Crippen LogP contribution in [-0.2, 0) is 6.42 Å². The Hall–Kier alpha value is -0.870. The van der Waals surface area contributed by atoms with Crippen LogP contribution in [0.5, 0.6) is 0 Å². The van der Waals surface area contributed by atoms with E-state index >= 15 is 0 Å². The number of piperidine rings is 1. The lowest BCUT2D eigenvalue weighted by Gasteiger charge is -2.30. The first-order valence-electron chi connectivity index (χ1n) is 6.21. The van der Waals surface area contributed by atoms with Crippen molar-refractivity contribution in [2.75, 3.05) is 26.2 Å². The smallest absolute Gasteiger partial charge is 0.0668 e. The van der Waals surface area contributed by atoms with Crippen LogP contribution < -0.4 is 0 Å². The molecule has 0 spiro atoms. The molecular formula is C12H21N3O. The minimum Gasteiger partial charge on any atom is -0.396 e. The number of nitrogens with zero attached hydrogens (tertiary/aromatic N) is 2. The summed E-state index contributed by atoms with van der Waals surface area (Å²) in [6.07, 6.45) is 3.18. The van der Waals surface area contributed by atoms with Gasteiger partial charge >= 0.3 is 0 Å². The van der Waals surface area contributed by atoms with Gasteiger partial charge in [-0.1, -0.05) is 6.92 Å². The molecule has 90 valence electrons. The van der Waals surface area contributed by atoms with Crippen LogP contribution in [0.15, 0.2) is 6.07 Å². The summed E-state index contributed by atoms with van der Waals surface area (Å²) in [6, 6.07) is 2.11. The molecule has 0 aliphatic carbocycles. The fourth-order valence-electron chi connectivity index (χ4n) is 2.42. The molecule has 2 rings (SSSR count). The number of hydrogen-bond donors (Lipinski definition) is 2. The summed E-state index contributed by atoms with van der Waals surface area (Å²) in [6.45, 7) is 5.88. The fraction of sp³-hybridized carbons (Fsp3) is 0.750. The van der Waals surface area contributed by atoms with Crippen LogP contribution in [0.25, 0.3) is 0 Å². The van der Waals surface area contributed by atoms with Crippen LogP contribution in [0.4, 0.5) is 0 Å². The topological polar surface area (TPSA) is 52.1 Å². The number of aliphatic hydroxyl groups excluding tert-OH is 1. The molecule has 1 aromatic rings. The lowest BCUT2D eigenvalue weighted by atomic mass is 9.94. The number of aliphatic hydroxyl groups is 1. The molecule has 1 fully saturated rings. The van der Waals surface area contributed by atoms with Gasteiger partial charge in [0.25, 0.3) is 0 Å². The van der Waals surface area contributed by atoms with E-state index in [0.29, 0.717) is 12.3 Å². The lowest BCUT2D eigenvalue weighted by Crippen LogP contribution is -2.34. The zero-order chi connectivity index (χ0) is 11.4. The van der Waals surface area contributed by atoms with Crippen LogP contribution in [0, 0.1) is 0 Å². The summed E-state index contributed by atoms with van der Waals surface area (Å²) in [5.41, 5.74) is 2.22. The fourth-order valence-corrected chi connectivity index (χ4v) is 2.42. The van der Waals surface area contributed by atoms with Crippen LogP contribution >= 0.6 is 0 Å². The number of nitrogens with one attached hydrogen (secondary N) is 1. The quantitative estimate of drug-likeness (QED) is 0.805. The van der Waals surface area contributed by atoms with E-state index in [0.717, 1.165) is 18.8 Å². The Balaban J connectivity index is 1.99. The Bertz CT molecular complexity index is 324. The van der Waals surface area contributed by atoms with Gasteiger partial charge in [0, 0.05) is 31.2 Å². The van der Waals surface area contributed by atoms with Gasteiger partial charge in [-0.3, -0.25) is 5.10 Å². The molecule has 1 aliphatic rings. The van der Waals surface area contributed by atoms with Crippen molar-refractivity contribution >= 4 is 0 Å². The van der Waals surface area contributed by atoms with E-state index in [1.807, 2.05) is 0 Å². The monoisotopic (exact) mass is 223 g/mol. The Labute approximate surface area is 96.7 Å². The number of likely N-dealkylation sites (tertiary alicyclic amines) is 1. The van der Waals surface area contributed by atoms with E-state index in [1.54, 1.807) is 0 Å². The van der Waals surface area contributed by atoms with E-state index in [-0.39, 0.29) is 6.61 Å². The van der Waals surface area contributed by atoms with Gasteiger partial charge in [0.15, 0.2) is 0 Å². The molecule has 1 unspecified atom stereocenters. The second kappa shape index (κ2) is 5.46. The third-order valence-corrected chi connectivity index (χ3v) is 3.40. The normalized spacial score (nSPS) is 22.5. The zero-order valence-electron chi connectivity index (χ0n) is 9.95. The Morgan fingerprint density at radius 3 is 3.25 bits per heavy atom. The number of rotatable bonds is 4. The highest BCUT2D eigenvalue weighted by atomic mass is 16.3. The van der Waals surface area contributed by atoms with Gasteiger partial charge in [0.1, 0.15) is 0 Å². The lowest BCUT2D eigenvalue weighted by molar-refractivity contribution is 0.216. The number of aromatic amines is 1. The molecule has 1 saturated heterocycles. The molecule has 1 atom stereocenters. The molecule has 0 amide bonds. The summed E-state index contributed by atoms with van der Waals surface area (Å²) in [4.78, 5) is 2.48. The highest BCUT2D eigenvalue weighted by Crippen LogP contribution is 2.25. The maximum atomic E-state index is 8.86. The maximum absolute atomic E-state index is 8.86. The Kier molecular flexibility index (Phi) is 3.96. The minimum absolute atomic E-state index is 0.188. The van der Waals surface area contributed by atoms with Crippen molar-refractivity contribution in [1.82, 2.24) is 15.1 Å². The molecule has 0 radical (unpaired) electrons. The first kappa shape index (κ1) is 11.6. The Morgan fingerprint density at radius 2 is 2.50 bits per heavy atom. The van der Waals surface area contributed by atoms with Crippen molar-refractivity contribution in [3.8, 4) is 0 Å². The predicted octanol–water partition coefficient (Wildman–Crippen LogP) is 1.14. The van der Waals surface area contributed by atoms with Gasteiger partial charge < -0.3 is 10.0 Å². The number of hydrogen-bond acceptors (Lipinski definition) is 3. The predicted molar refractivity (Wildman–Crippen MR) is 63.5 cm³/mol. The SMILES string of the molecule is CCN1CCCC(c2cc(CCO)[nH]n2)C1. The zero-order valence-corrected chi connectivity index (χ0v) is 9.95. The van der Waals surface area contributed by atoms with E-state index in [1.165, 1.54) is 25.1 Å². The van der Waals surface area contributed by atoms with Crippen molar-refractivity contribution in [2.24, 2.45) is 0 Å². The first-order chi connectivity index (χ1) is 7.83. The summed E-state index contributed by atoms with van der Waals surface area (Å²) in [5.74, 6) is 0.567.